The molecule has 1 fully saturated rings. The van der Waals surface area contributed by atoms with Gasteiger partial charge in [-0.05, 0) is 42.3 Å². The number of rotatable bonds is 6. The fourth-order valence-corrected chi connectivity index (χ4v) is 3.57. The number of nitrogens with two attached hydrogens (primary N) is 1. The fourth-order valence-electron chi connectivity index (χ4n) is 3.57. The first-order valence-electron chi connectivity index (χ1n) is 9.88. The van der Waals surface area contributed by atoms with Gasteiger partial charge < -0.3 is 20.3 Å². The van der Waals surface area contributed by atoms with Crippen LogP contribution in [0.2, 0.25) is 0 Å². The normalized spacial score (nSPS) is 14.5. The maximum Gasteiger partial charge on any atom is 0.257 e. The zero-order valence-corrected chi connectivity index (χ0v) is 18.3. The number of halogens is 4. The Morgan fingerprint density at radius 3 is 2.28 bits per heavy atom. The van der Waals surface area contributed by atoms with Crippen LogP contribution in [0.3, 0.4) is 0 Å². The summed E-state index contributed by atoms with van der Waals surface area (Å²) in [4.78, 5) is 28.4. The van der Waals surface area contributed by atoms with Crippen molar-refractivity contribution >= 4 is 24.2 Å². The number of ether oxygens (including phenoxy) is 1. The summed E-state index contributed by atoms with van der Waals surface area (Å²) in [7, 11) is 1.41. The minimum atomic E-state index is -0.952. The molecule has 0 aliphatic carbocycles. The second-order valence-electron chi connectivity index (χ2n) is 7.43. The summed E-state index contributed by atoms with van der Waals surface area (Å²) in [5.74, 6) is -2.67. The lowest BCUT2D eigenvalue weighted by Gasteiger charge is -2.35. The summed E-state index contributed by atoms with van der Waals surface area (Å²) in [5.41, 5.74) is 6.67. The Hall–Kier alpha value is -2.78. The standard InChI is InChI=1S/C22H24F3N3O3.ClH/c1-31-20-5-3-15(23)12-17(20)22(30)28-8-6-27(7-9-28)21(29)13-16(26)10-14-2-4-18(24)19(25)11-14;/h2-5,11-12,16H,6-10,13,26H2,1H3;1H/t16-;/m1./s1. The minimum absolute atomic E-state index is 0. The van der Waals surface area contributed by atoms with Crippen LogP contribution in [0.25, 0.3) is 0 Å². The Bertz CT molecular complexity index is 969. The van der Waals surface area contributed by atoms with Gasteiger partial charge in [-0.25, -0.2) is 13.2 Å². The van der Waals surface area contributed by atoms with E-state index in [1.807, 2.05) is 0 Å². The van der Waals surface area contributed by atoms with E-state index in [1.54, 1.807) is 9.80 Å². The first-order chi connectivity index (χ1) is 14.8. The Morgan fingerprint density at radius 2 is 1.66 bits per heavy atom. The van der Waals surface area contributed by atoms with E-state index in [-0.39, 0.29) is 48.4 Å². The summed E-state index contributed by atoms with van der Waals surface area (Å²) < 4.78 is 45.1. The molecule has 2 amide bonds. The monoisotopic (exact) mass is 471 g/mol. The predicted molar refractivity (Wildman–Crippen MR) is 115 cm³/mol. The maximum absolute atomic E-state index is 13.6. The topological polar surface area (TPSA) is 75.9 Å². The second kappa shape index (κ2) is 11.2. The third-order valence-corrected chi connectivity index (χ3v) is 5.23. The third-order valence-electron chi connectivity index (χ3n) is 5.23. The van der Waals surface area contributed by atoms with Gasteiger partial charge in [0.05, 0.1) is 12.7 Å². The SMILES string of the molecule is COc1ccc(F)cc1C(=O)N1CCN(C(=O)C[C@H](N)Cc2ccc(F)c(F)c2)CC1.Cl. The summed E-state index contributed by atoms with van der Waals surface area (Å²) >= 11 is 0. The zero-order chi connectivity index (χ0) is 22.5. The van der Waals surface area contributed by atoms with Crippen LogP contribution >= 0.6 is 12.4 Å². The van der Waals surface area contributed by atoms with E-state index in [0.717, 1.165) is 18.2 Å². The maximum atomic E-state index is 13.6. The smallest absolute Gasteiger partial charge is 0.257 e. The predicted octanol–water partition coefficient (Wildman–Crippen LogP) is 2.78. The summed E-state index contributed by atoms with van der Waals surface area (Å²) in [6, 6.07) is 6.75. The molecule has 0 bridgehead atoms. The van der Waals surface area contributed by atoms with Crippen LogP contribution in [0.1, 0.15) is 22.3 Å². The van der Waals surface area contributed by atoms with E-state index < -0.39 is 23.5 Å². The number of piperazine rings is 1. The van der Waals surface area contributed by atoms with Crippen LogP contribution in [0.5, 0.6) is 5.75 Å². The van der Waals surface area contributed by atoms with E-state index in [4.69, 9.17) is 10.5 Å². The van der Waals surface area contributed by atoms with Gasteiger partial charge in [0.2, 0.25) is 5.91 Å². The van der Waals surface area contributed by atoms with Gasteiger partial charge in [-0.1, -0.05) is 6.07 Å². The number of amides is 2. The molecule has 0 spiro atoms. The van der Waals surface area contributed by atoms with Gasteiger partial charge in [0.25, 0.3) is 5.91 Å². The largest absolute Gasteiger partial charge is 0.496 e. The summed E-state index contributed by atoms with van der Waals surface area (Å²) in [5, 5.41) is 0. The lowest BCUT2D eigenvalue weighted by molar-refractivity contribution is -0.133. The molecule has 2 aromatic carbocycles. The highest BCUT2D eigenvalue weighted by Crippen LogP contribution is 2.22. The van der Waals surface area contributed by atoms with Crippen molar-refractivity contribution in [3.05, 3.63) is 65.0 Å². The van der Waals surface area contributed by atoms with Crippen molar-refractivity contribution in [2.45, 2.75) is 18.9 Å². The molecule has 3 rings (SSSR count). The number of benzene rings is 2. The molecular formula is C22H25ClF3N3O3. The number of methoxy groups -OCH3 is 1. The average molecular weight is 472 g/mol. The molecule has 2 N–H and O–H groups in total. The van der Waals surface area contributed by atoms with E-state index in [2.05, 4.69) is 0 Å². The summed E-state index contributed by atoms with van der Waals surface area (Å²) in [6.07, 6.45) is 0.283. The first kappa shape index (κ1) is 25.5. The molecule has 1 saturated heterocycles. The molecule has 2 aromatic rings. The van der Waals surface area contributed by atoms with Gasteiger partial charge >= 0.3 is 0 Å². The quantitative estimate of drug-likeness (QED) is 0.703. The minimum Gasteiger partial charge on any atom is -0.496 e. The van der Waals surface area contributed by atoms with Crippen molar-refractivity contribution in [1.82, 2.24) is 9.80 Å². The van der Waals surface area contributed by atoms with Gasteiger partial charge in [-0.15, -0.1) is 12.4 Å². The molecule has 6 nitrogen and oxygen atoms in total. The average Bonchev–Trinajstić information content (AvgIpc) is 2.75. The van der Waals surface area contributed by atoms with Crippen LogP contribution in [-0.2, 0) is 11.2 Å². The van der Waals surface area contributed by atoms with E-state index >= 15 is 0 Å². The van der Waals surface area contributed by atoms with E-state index in [1.165, 1.54) is 25.3 Å². The van der Waals surface area contributed by atoms with Gasteiger partial charge in [0.1, 0.15) is 11.6 Å². The Morgan fingerprint density at radius 1 is 1.00 bits per heavy atom. The van der Waals surface area contributed by atoms with Crippen molar-refractivity contribution in [3.8, 4) is 5.75 Å². The van der Waals surface area contributed by atoms with Crippen LogP contribution in [0.15, 0.2) is 36.4 Å². The molecule has 0 unspecified atom stereocenters. The molecule has 1 heterocycles. The molecule has 32 heavy (non-hydrogen) atoms. The van der Waals surface area contributed by atoms with E-state index in [9.17, 15) is 22.8 Å². The van der Waals surface area contributed by atoms with Gasteiger partial charge in [-0.3, -0.25) is 9.59 Å². The molecule has 1 aliphatic rings. The highest BCUT2D eigenvalue weighted by molar-refractivity contribution is 5.97. The Kier molecular flexibility index (Phi) is 8.91. The highest BCUT2D eigenvalue weighted by atomic mass is 35.5. The van der Waals surface area contributed by atoms with Gasteiger partial charge in [0.15, 0.2) is 11.6 Å². The number of hydrogen-bond acceptors (Lipinski definition) is 4. The molecule has 0 radical (unpaired) electrons. The molecule has 0 saturated carbocycles. The van der Waals surface area contributed by atoms with Crippen molar-refractivity contribution < 1.29 is 27.5 Å². The fraction of sp³-hybridized carbons (Fsp3) is 0.364. The second-order valence-corrected chi connectivity index (χ2v) is 7.43. The van der Waals surface area contributed by atoms with Gasteiger partial charge in [-0.2, -0.15) is 0 Å². The van der Waals surface area contributed by atoms with Gasteiger partial charge in [0, 0.05) is 38.6 Å². The van der Waals surface area contributed by atoms with Crippen LogP contribution in [0.4, 0.5) is 13.2 Å². The number of carbonyl (C=O) groups is 2. The van der Waals surface area contributed by atoms with Crippen LogP contribution in [-0.4, -0.2) is 60.9 Å². The number of carbonyl (C=O) groups excluding carboxylic acids is 2. The molecule has 174 valence electrons. The van der Waals surface area contributed by atoms with Crippen molar-refractivity contribution in [2.75, 3.05) is 33.3 Å². The van der Waals surface area contributed by atoms with Crippen molar-refractivity contribution in [2.24, 2.45) is 5.73 Å². The van der Waals surface area contributed by atoms with E-state index in [0.29, 0.717) is 31.7 Å². The molecule has 0 aromatic heterocycles. The lowest BCUT2D eigenvalue weighted by Crippen LogP contribution is -2.51. The lowest BCUT2D eigenvalue weighted by atomic mass is 10.0. The molecule has 10 heteroatoms. The third kappa shape index (κ3) is 6.14. The van der Waals surface area contributed by atoms with Crippen LogP contribution in [0, 0.1) is 17.5 Å². The first-order valence-corrected chi connectivity index (χ1v) is 9.88. The Balaban J connectivity index is 0.00000363. The Labute approximate surface area is 190 Å². The number of nitrogens with zero attached hydrogens (tertiary/aromatic N) is 2. The summed E-state index contributed by atoms with van der Waals surface area (Å²) in [6.45, 7) is 1.23. The molecular weight excluding hydrogens is 447 g/mol. The highest BCUT2D eigenvalue weighted by Gasteiger charge is 2.27. The van der Waals surface area contributed by atoms with Crippen molar-refractivity contribution in [1.29, 1.82) is 0 Å². The van der Waals surface area contributed by atoms with Crippen molar-refractivity contribution in [3.63, 3.8) is 0 Å². The molecule has 1 atom stereocenters. The van der Waals surface area contributed by atoms with Crippen LogP contribution < -0.4 is 10.5 Å². The zero-order valence-electron chi connectivity index (χ0n) is 17.5. The number of hydrogen-bond donors (Lipinski definition) is 1. The molecule has 1 aliphatic heterocycles.